The molecule has 1 amide bonds. The van der Waals surface area contributed by atoms with Crippen molar-refractivity contribution < 1.29 is 14.6 Å². The van der Waals surface area contributed by atoms with Gasteiger partial charge in [0.15, 0.2) is 0 Å². The van der Waals surface area contributed by atoms with E-state index in [1.807, 2.05) is 47.4 Å². The van der Waals surface area contributed by atoms with Gasteiger partial charge in [-0.2, -0.15) is 0 Å². The van der Waals surface area contributed by atoms with Crippen LogP contribution in [0.15, 0.2) is 54.6 Å². The fourth-order valence-electron chi connectivity index (χ4n) is 4.45. The number of aliphatic hydroxyl groups excluding tert-OH is 1. The van der Waals surface area contributed by atoms with Crippen LogP contribution in [-0.2, 0) is 28.0 Å². The minimum Gasteiger partial charge on any atom is -0.392 e. The molecule has 2 aliphatic rings. The van der Waals surface area contributed by atoms with E-state index in [1.54, 1.807) is 0 Å². The van der Waals surface area contributed by atoms with Gasteiger partial charge in [0.2, 0.25) is 5.91 Å². The second kappa shape index (κ2) is 7.22. The van der Waals surface area contributed by atoms with E-state index in [4.69, 9.17) is 4.74 Å². The van der Waals surface area contributed by atoms with Crippen LogP contribution in [0.3, 0.4) is 0 Å². The van der Waals surface area contributed by atoms with Crippen molar-refractivity contribution >= 4 is 5.91 Å². The Labute approximate surface area is 154 Å². The van der Waals surface area contributed by atoms with E-state index in [-0.39, 0.29) is 24.0 Å². The molecule has 1 aliphatic heterocycles. The summed E-state index contributed by atoms with van der Waals surface area (Å²) in [5.74, 6) is 0.0385. The molecule has 0 radical (unpaired) electrons. The lowest BCUT2D eigenvalue weighted by atomic mass is 9.72. The molecular formula is C22H25NO3. The van der Waals surface area contributed by atoms with Crippen molar-refractivity contribution in [2.75, 3.05) is 19.7 Å². The second-order valence-corrected chi connectivity index (χ2v) is 7.39. The van der Waals surface area contributed by atoms with Gasteiger partial charge in [0.25, 0.3) is 0 Å². The first-order valence-corrected chi connectivity index (χ1v) is 9.35. The Morgan fingerprint density at radius 1 is 1.08 bits per heavy atom. The van der Waals surface area contributed by atoms with Gasteiger partial charge in [-0.05, 0) is 36.0 Å². The van der Waals surface area contributed by atoms with E-state index in [0.717, 1.165) is 24.8 Å². The Bertz CT molecular complexity index is 766. The molecular weight excluding hydrogens is 326 g/mol. The second-order valence-electron chi connectivity index (χ2n) is 7.39. The smallest absolute Gasteiger partial charge is 0.248 e. The molecule has 0 aromatic heterocycles. The number of likely N-dealkylation sites (tertiary alicyclic amines) is 1. The van der Waals surface area contributed by atoms with Crippen LogP contribution < -0.4 is 0 Å². The lowest BCUT2D eigenvalue weighted by molar-refractivity contribution is -0.138. The number of hydrogen-bond donors (Lipinski definition) is 1. The number of carbonyl (C=O) groups is 1. The average Bonchev–Trinajstić information content (AvgIpc) is 2.95. The molecule has 1 fully saturated rings. The maximum absolute atomic E-state index is 12.5. The maximum Gasteiger partial charge on any atom is 0.248 e. The highest BCUT2D eigenvalue weighted by Crippen LogP contribution is 2.46. The molecule has 1 spiro atoms. The number of fused-ring (bicyclic) bond motifs is 2. The summed E-state index contributed by atoms with van der Waals surface area (Å²) >= 11 is 0. The third kappa shape index (κ3) is 3.15. The summed E-state index contributed by atoms with van der Waals surface area (Å²) in [5, 5.41) is 10.7. The first kappa shape index (κ1) is 17.3. The normalized spacial score (nSPS) is 21.0. The molecule has 26 heavy (non-hydrogen) atoms. The van der Waals surface area contributed by atoms with Crippen molar-refractivity contribution in [3.63, 3.8) is 0 Å². The van der Waals surface area contributed by atoms with Crippen LogP contribution in [0.4, 0.5) is 0 Å². The zero-order chi connectivity index (χ0) is 18.0. The van der Waals surface area contributed by atoms with Crippen LogP contribution in [0.25, 0.3) is 0 Å². The largest absolute Gasteiger partial charge is 0.392 e. The van der Waals surface area contributed by atoms with Crippen LogP contribution in [0, 0.1) is 0 Å². The van der Waals surface area contributed by atoms with E-state index in [2.05, 4.69) is 12.1 Å². The first-order valence-electron chi connectivity index (χ1n) is 9.35. The van der Waals surface area contributed by atoms with Gasteiger partial charge in [-0.25, -0.2) is 0 Å². The number of nitrogens with zero attached hydrogens (tertiary/aromatic N) is 1. The zero-order valence-corrected chi connectivity index (χ0v) is 14.9. The molecule has 1 N–H and O–H groups in total. The molecule has 1 heterocycles. The van der Waals surface area contributed by atoms with Crippen molar-refractivity contribution in [2.24, 2.45) is 0 Å². The Morgan fingerprint density at radius 2 is 1.77 bits per heavy atom. The first-order chi connectivity index (χ1) is 12.7. The summed E-state index contributed by atoms with van der Waals surface area (Å²) in [7, 11) is 0. The predicted octanol–water partition coefficient (Wildman–Crippen LogP) is 2.68. The number of hydrogen-bond acceptors (Lipinski definition) is 3. The van der Waals surface area contributed by atoms with E-state index in [9.17, 15) is 9.90 Å². The highest BCUT2D eigenvalue weighted by atomic mass is 16.5. The lowest BCUT2D eigenvalue weighted by Crippen LogP contribution is -2.49. The van der Waals surface area contributed by atoms with Crippen molar-refractivity contribution in [1.29, 1.82) is 0 Å². The van der Waals surface area contributed by atoms with Crippen LogP contribution >= 0.6 is 0 Å². The number of aliphatic hydroxyl groups is 1. The molecule has 1 aliphatic carbocycles. The lowest BCUT2D eigenvalue weighted by Gasteiger charge is -2.42. The van der Waals surface area contributed by atoms with Gasteiger partial charge in [-0.3, -0.25) is 4.79 Å². The minimum absolute atomic E-state index is 0.0385. The Hall–Kier alpha value is -2.17. The van der Waals surface area contributed by atoms with Gasteiger partial charge in [0.05, 0.1) is 12.7 Å². The van der Waals surface area contributed by atoms with E-state index in [0.29, 0.717) is 19.7 Å². The number of carbonyl (C=O) groups excluding carboxylic acids is 1. The molecule has 0 bridgehead atoms. The minimum atomic E-state index is -0.341. The van der Waals surface area contributed by atoms with Gasteiger partial charge in [0.1, 0.15) is 6.61 Å². The van der Waals surface area contributed by atoms with E-state index >= 15 is 0 Å². The molecule has 2 aromatic rings. The Balaban J connectivity index is 1.33. The van der Waals surface area contributed by atoms with Gasteiger partial charge in [-0.15, -0.1) is 0 Å². The molecule has 1 saturated heterocycles. The average molecular weight is 351 g/mol. The van der Waals surface area contributed by atoms with Gasteiger partial charge < -0.3 is 14.7 Å². The highest BCUT2D eigenvalue weighted by Gasteiger charge is 2.47. The van der Waals surface area contributed by atoms with Crippen molar-refractivity contribution in [2.45, 2.75) is 37.4 Å². The summed E-state index contributed by atoms with van der Waals surface area (Å²) in [6.07, 6.45) is 2.02. The van der Waals surface area contributed by atoms with Crippen molar-refractivity contribution in [3.05, 3.63) is 71.3 Å². The van der Waals surface area contributed by atoms with Crippen LogP contribution in [0.5, 0.6) is 0 Å². The zero-order valence-electron chi connectivity index (χ0n) is 14.9. The molecule has 136 valence electrons. The van der Waals surface area contributed by atoms with Crippen LogP contribution in [0.2, 0.25) is 0 Å². The Morgan fingerprint density at radius 3 is 2.54 bits per heavy atom. The summed E-state index contributed by atoms with van der Waals surface area (Å²) in [6, 6.07) is 18.2. The van der Waals surface area contributed by atoms with Gasteiger partial charge in [-0.1, -0.05) is 54.6 Å². The quantitative estimate of drug-likeness (QED) is 0.921. The monoisotopic (exact) mass is 351 g/mol. The van der Waals surface area contributed by atoms with Crippen LogP contribution in [-0.4, -0.2) is 41.7 Å². The fourth-order valence-corrected chi connectivity index (χ4v) is 4.45. The van der Waals surface area contributed by atoms with Crippen molar-refractivity contribution in [1.82, 2.24) is 4.90 Å². The summed E-state index contributed by atoms with van der Waals surface area (Å²) in [6.45, 7) is 1.93. The highest BCUT2D eigenvalue weighted by molar-refractivity contribution is 5.77. The maximum atomic E-state index is 12.5. The number of benzene rings is 2. The standard InChI is InChI=1S/C22H25NO3/c24-20-14-18-8-4-5-9-19(18)22(20)10-12-23(13-11-22)21(25)16-26-15-17-6-2-1-3-7-17/h1-9,20,24H,10-16H2. The number of ether oxygens (including phenoxy) is 1. The van der Waals surface area contributed by atoms with Gasteiger partial charge >= 0.3 is 0 Å². The topological polar surface area (TPSA) is 49.8 Å². The number of amides is 1. The molecule has 1 atom stereocenters. The molecule has 4 nitrogen and oxygen atoms in total. The van der Waals surface area contributed by atoms with E-state index in [1.165, 1.54) is 11.1 Å². The number of piperidine rings is 1. The van der Waals surface area contributed by atoms with Gasteiger partial charge in [0, 0.05) is 18.5 Å². The predicted molar refractivity (Wildman–Crippen MR) is 99.7 cm³/mol. The number of rotatable bonds is 4. The van der Waals surface area contributed by atoms with Crippen molar-refractivity contribution in [3.8, 4) is 0 Å². The Kier molecular flexibility index (Phi) is 4.79. The molecule has 2 aromatic carbocycles. The SMILES string of the molecule is O=C(COCc1ccccc1)N1CCC2(CC1)c1ccccc1CC2O. The fraction of sp³-hybridized carbons (Fsp3) is 0.409. The molecule has 0 saturated carbocycles. The summed E-state index contributed by atoms with van der Waals surface area (Å²) < 4.78 is 5.59. The van der Waals surface area contributed by atoms with Crippen LogP contribution in [0.1, 0.15) is 29.5 Å². The molecule has 4 heteroatoms. The molecule has 4 rings (SSSR count). The third-order valence-corrected chi connectivity index (χ3v) is 5.95. The molecule has 1 unspecified atom stereocenters. The summed E-state index contributed by atoms with van der Waals surface area (Å²) in [4.78, 5) is 14.3. The third-order valence-electron chi connectivity index (χ3n) is 5.95. The summed E-state index contributed by atoms with van der Waals surface area (Å²) in [5.41, 5.74) is 3.42. The van der Waals surface area contributed by atoms with E-state index < -0.39 is 0 Å².